The SMILES string of the molecule is CSc1ccccc1NC(=O)COC(=O)c1ccc(NS(=O)(=O)c2cccs2)cc1. The number of nitrogens with one attached hydrogen (secondary N) is 2. The fourth-order valence-corrected chi connectivity index (χ4v) is 5.05. The number of amides is 1. The van der Waals surface area contributed by atoms with Gasteiger partial charge in [0.1, 0.15) is 4.21 Å². The maximum absolute atomic E-state index is 12.2. The average Bonchev–Trinajstić information content (AvgIpc) is 3.29. The molecule has 0 saturated heterocycles. The fraction of sp³-hybridized carbons (Fsp3) is 0.100. The molecule has 0 unspecified atom stereocenters. The molecule has 3 rings (SSSR count). The highest BCUT2D eigenvalue weighted by molar-refractivity contribution is 7.98. The molecule has 0 radical (unpaired) electrons. The maximum atomic E-state index is 12.2. The molecule has 0 fully saturated rings. The van der Waals surface area contributed by atoms with E-state index in [1.807, 2.05) is 18.4 Å². The molecule has 1 heterocycles. The number of anilines is 2. The van der Waals surface area contributed by atoms with Crippen molar-refractivity contribution in [3.8, 4) is 0 Å². The molecule has 0 atom stereocenters. The van der Waals surface area contributed by atoms with Gasteiger partial charge in [0.25, 0.3) is 15.9 Å². The lowest BCUT2D eigenvalue weighted by Crippen LogP contribution is -2.21. The van der Waals surface area contributed by atoms with Gasteiger partial charge in [-0.3, -0.25) is 9.52 Å². The number of thioether (sulfide) groups is 1. The molecule has 10 heteroatoms. The third kappa shape index (κ3) is 5.62. The van der Waals surface area contributed by atoms with Crippen molar-refractivity contribution in [1.29, 1.82) is 0 Å². The topological polar surface area (TPSA) is 102 Å². The predicted octanol–water partition coefficient (Wildman–Crippen LogP) is 4.07. The summed E-state index contributed by atoms with van der Waals surface area (Å²) in [6.45, 7) is -0.436. The maximum Gasteiger partial charge on any atom is 0.338 e. The van der Waals surface area contributed by atoms with Gasteiger partial charge in [-0.25, -0.2) is 13.2 Å². The van der Waals surface area contributed by atoms with E-state index in [4.69, 9.17) is 4.74 Å². The zero-order chi connectivity index (χ0) is 21.6. The van der Waals surface area contributed by atoms with Crippen LogP contribution in [0.4, 0.5) is 11.4 Å². The summed E-state index contributed by atoms with van der Waals surface area (Å²) in [4.78, 5) is 25.1. The summed E-state index contributed by atoms with van der Waals surface area (Å²) in [7, 11) is -3.66. The Balaban J connectivity index is 1.55. The van der Waals surface area contributed by atoms with Crippen LogP contribution in [0.15, 0.2) is 75.1 Å². The number of hydrogen-bond acceptors (Lipinski definition) is 7. The summed E-state index contributed by atoms with van der Waals surface area (Å²) in [5.41, 5.74) is 1.16. The number of benzene rings is 2. The lowest BCUT2D eigenvalue weighted by molar-refractivity contribution is -0.119. The van der Waals surface area contributed by atoms with E-state index < -0.39 is 28.5 Å². The number of carbonyl (C=O) groups is 2. The molecule has 0 aliphatic carbocycles. The van der Waals surface area contributed by atoms with Crippen molar-refractivity contribution in [2.24, 2.45) is 0 Å². The van der Waals surface area contributed by atoms with Crippen molar-refractivity contribution < 1.29 is 22.7 Å². The largest absolute Gasteiger partial charge is 0.452 e. The highest BCUT2D eigenvalue weighted by Gasteiger charge is 2.16. The molecule has 0 saturated carbocycles. The number of carbonyl (C=O) groups excluding carboxylic acids is 2. The van der Waals surface area contributed by atoms with Crippen LogP contribution in [-0.4, -0.2) is 33.2 Å². The first kappa shape index (κ1) is 21.9. The zero-order valence-corrected chi connectivity index (χ0v) is 18.3. The Bertz CT molecular complexity index is 1130. The lowest BCUT2D eigenvalue weighted by Gasteiger charge is -2.10. The van der Waals surface area contributed by atoms with Gasteiger partial charge in [0.05, 0.1) is 11.3 Å². The van der Waals surface area contributed by atoms with Crippen LogP contribution >= 0.6 is 23.1 Å². The number of ether oxygens (including phenoxy) is 1. The highest BCUT2D eigenvalue weighted by atomic mass is 32.2. The zero-order valence-electron chi connectivity index (χ0n) is 15.8. The van der Waals surface area contributed by atoms with Gasteiger partial charge in [0.15, 0.2) is 6.61 Å². The van der Waals surface area contributed by atoms with Crippen molar-refractivity contribution in [1.82, 2.24) is 0 Å². The minimum absolute atomic E-state index is 0.194. The Morgan fingerprint density at radius 3 is 2.43 bits per heavy atom. The molecule has 2 N–H and O–H groups in total. The van der Waals surface area contributed by atoms with Gasteiger partial charge in [-0.2, -0.15) is 0 Å². The van der Waals surface area contributed by atoms with Crippen LogP contribution in [0.1, 0.15) is 10.4 Å². The highest BCUT2D eigenvalue weighted by Crippen LogP contribution is 2.24. The minimum atomic E-state index is -3.66. The Hall–Kier alpha value is -2.82. The molecule has 1 amide bonds. The molecule has 0 spiro atoms. The standard InChI is InChI=1S/C20H18N2O5S3/c1-28-17-6-3-2-5-16(17)21-18(23)13-27-20(24)14-8-10-15(11-9-14)22-30(25,26)19-7-4-12-29-19/h2-12,22H,13H2,1H3,(H,21,23). The predicted molar refractivity (Wildman–Crippen MR) is 119 cm³/mol. The van der Waals surface area contributed by atoms with Crippen LogP contribution in [0.25, 0.3) is 0 Å². The fourth-order valence-electron chi connectivity index (χ4n) is 2.44. The number of rotatable bonds is 8. The summed E-state index contributed by atoms with van der Waals surface area (Å²) < 4.78 is 32.1. The quantitative estimate of drug-likeness (QED) is 0.387. The van der Waals surface area contributed by atoms with Crippen molar-refractivity contribution in [3.63, 3.8) is 0 Å². The van der Waals surface area contributed by atoms with Crippen molar-refractivity contribution in [2.45, 2.75) is 9.10 Å². The lowest BCUT2D eigenvalue weighted by atomic mass is 10.2. The average molecular weight is 463 g/mol. The normalized spacial score (nSPS) is 11.0. The smallest absolute Gasteiger partial charge is 0.338 e. The number of sulfonamides is 1. The molecule has 30 heavy (non-hydrogen) atoms. The Morgan fingerprint density at radius 2 is 1.77 bits per heavy atom. The second kappa shape index (κ2) is 9.79. The summed E-state index contributed by atoms with van der Waals surface area (Å²) in [6.07, 6.45) is 1.90. The van der Waals surface area contributed by atoms with Gasteiger partial charge in [-0.1, -0.05) is 18.2 Å². The molecule has 0 bridgehead atoms. The third-order valence-electron chi connectivity index (χ3n) is 3.85. The Labute approximate surface area is 182 Å². The van der Waals surface area contributed by atoms with E-state index in [0.717, 1.165) is 16.2 Å². The van der Waals surface area contributed by atoms with Crippen molar-refractivity contribution in [2.75, 3.05) is 22.9 Å². The number of para-hydroxylation sites is 1. The summed E-state index contributed by atoms with van der Waals surface area (Å²) in [5.74, 6) is -1.14. The molecule has 7 nitrogen and oxygen atoms in total. The molecule has 0 aliphatic rings. The molecule has 1 aromatic heterocycles. The van der Waals surface area contributed by atoms with Crippen LogP contribution in [0.2, 0.25) is 0 Å². The number of hydrogen-bond donors (Lipinski definition) is 2. The van der Waals surface area contributed by atoms with E-state index in [9.17, 15) is 18.0 Å². The van der Waals surface area contributed by atoms with Crippen LogP contribution in [0.5, 0.6) is 0 Å². The second-order valence-corrected chi connectivity index (χ2v) is 9.64. The number of thiophene rings is 1. The van der Waals surface area contributed by atoms with Crippen LogP contribution < -0.4 is 10.0 Å². The second-order valence-electron chi connectivity index (χ2n) is 5.94. The molecular weight excluding hydrogens is 444 g/mol. The van der Waals surface area contributed by atoms with E-state index in [0.29, 0.717) is 11.4 Å². The first-order valence-electron chi connectivity index (χ1n) is 8.65. The van der Waals surface area contributed by atoms with Crippen molar-refractivity contribution in [3.05, 3.63) is 71.6 Å². The molecule has 0 aliphatic heterocycles. The third-order valence-corrected chi connectivity index (χ3v) is 7.42. The van der Waals surface area contributed by atoms with Crippen LogP contribution in [-0.2, 0) is 19.6 Å². The summed E-state index contributed by atoms with van der Waals surface area (Å²) in [6, 6.07) is 16.2. The van der Waals surface area contributed by atoms with Crippen molar-refractivity contribution >= 4 is 56.4 Å². The first-order valence-corrected chi connectivity index (χ1v) is 12.2. The van der Waals surface area contributed by atoms with E-state index in [1.165, 1.54) is 42.1 Å². The molecule has 3 aromatic rings. The van der Waals surface area contributed by atoms with Gasteiger partial charge in [-0.05, 0) is 54.1 Å². The Morgan fingerprint density at radius 1 is 1.03 bits per heavy atom. The monoisotopic (exact) mass is 462 g/mol. The van der Waals surface area contributed by atoms with Crippen LogP contribution in [0.3, 0.4) is 0 Å². The van der Waals surface area contributed by atoms with E-state index in [1.54, 1.807) is 23.6 Å². The summed E-state index contributed by atoms with van der Waals surface area (Å²) >= 11 is 2.60. The first-order chi connectivity index (χ1) is 14.4. The van der Waals surface area contributed by atoms with Gasteiger partial charge in [-0.15, -0.1) is 23.1 Å². The molecule has 2 aromatic carbocycles. The van der Waals surface area contributed by atoms with Crippen LogP contribution in [0, 0.1) is 0 Å². The number of esters is 1. The van der Waals surface area contributed by atoms with E-state index in [2.05, 4.69) is 10.0 Å². The minimum Gasteiger partial charge on any atom is -0.452 e. The van der Waals surface area contributed by atoms with E-state index >= 15 is 0 Å². The molecular formula is C20H18N2O5S3. The summed E-state index contributed by atoms with van der Waals surface area (Å²) in [5, 5.41) is 4.37. The van der Waals surface area contributed by atoms with Gasteiger partial charge < -0.3 is 10.1 Å². The molecule has 156 valence electrons. The van der Waals surface area contributed by atoms with Gasteiger partial charge >= 0.3 is 5.97 Å². The van der Waals surface area contributed by atoms with Gasteiger partial charge in [0, 0.05) is 10.6 Å². The van der Waals surface area contributed by atoms with Gasteiger partial charge in [0.2, 0.25) is 0 Å². The Kier molecular flexibility index (Phi) is 7.14. The van der Waals surface area contributed by atoms with E-state index in [-0.39, 0.29) is 9.77 Å².